The third-order valence-corrected chi connectivity index (χ3v) is 7.91. The van der Waals surface area contributed by atoms with Crippen molar-refractivity contribution in [1.82, 2.24) is 0 Å². The van der Waals surface area contributed by atoms with E-state index in [4.69, 9.17) is 4.74 Å². The average molecular weight is 545 g/mol. The van der Waals surface area contributed by atoms with E-state index >= 15 is 0 Å². The molecule has 3 aromatic carbocycles. The van der Waals surface area contributed by atoms with Crippen LogP contribution in [0.4, 0.5) is 5.69 Å². The zero-order valence-electron chi connectivity index (χ0n) is 19.8. The first-order valence-electron chi connectivity index (χ1n) is 11.4. The molecule has 0 aliphatic rings. The zero-order valence-corrected chi connectivity index (χ0v) is 22.2. The van der Waals surface area contributed by atoms with E-state index in [0.717, 1.165) is 46.7 Å². The van der Waals surface area contributed by atoms with Gasteiger partial charge in [0, 0.05) is 0 Å². The molecule has 7 heteroatoms. The highest BCUT2D eigenvalue weighted by molar-refractivity contribution is 9.10. The van der Waals surface area contributed by atoms with Crippen LogP contribution in [0.5, 0.6) is 5.75 Å². The topological polar surface area (TPSA) is 63.7 Å². The summed E-state index contributed by atoms with van der Waals surface area (Å²) in [5.74, 6) is -0.193. The van der Waals surface area contributed by atoms with E-state index < -0.39 is 22.5 Å². The Bertz CT molecular complexity index is 1220. The van der Waals surface area contributed by atoms with Gasteiger partial charge >= 0.3 is 0 Å². The molecule has 0 aromatic heterocycles. The van der Waals surface area contributed by atoms with Gasteiger partial charge in [-0.3, -0.25) is 4.79 Å². The molecule has 0 fully saturated rings. The summed E-state index contributed by atoms with van der Waals surface area (Å²) in [6.45, 7) is 5.63. The van der Waals surface area contributed by atoms with Gasteiger partial charge in [0.1, 0.15) is 5.75 Å². The molecule has 3 rings (SSSR count). The highest BCUT2D eigenvalue weighted by atomic mass is 79.9. The first-order chi connectivity index (χ1) is 16.3. The zero-order chi connectivity index (χ0) is 24.7. The van der Waals surface area contributed by atoms with Gasteiger partial charge in [0.15, 0.2) is 6.61 Å². The number of nitrogens with zero attached hydrogens (tertiary/aromatic N) is 1. The number of hydrogen-bond acceptors (Lipinski definition) is 4. The lowest BCUT2D eigenvalue weighted by molar-refractivity contribution is -0.119. The Morgan fingerprint density at radius 2 is 1.59 bits per heavy atom. The molecule has 180 valence electrons. The quantitative estimate of drug-likeness (QED) is 0.294. The van der Waals surface area contributed by atoms with E-state index in [-0.39, 0.29) is 10.6 Å². The molecule has 0 saturated carbocycles. The second-order valence-corrected chi connectivity index (χ2v) is 10.8. The van der Waals surface area contributed by atoms with Gasteiger partial charge in [-0.1, -0.05) is 56.2 Å². The molecule has 0 aliphatic heterocycles. The number of ether oxygens (including phenoxy) is 1. The number of rotatable bonds is 10. The molecule has 1 amide bonds. The first-order valence-corrected chi connectivity index (χ1v) is 13.6. The van der Waals surface area contributed by atoms with Crippen LogP contribution in [0.15, 0.2) is 76.1 Å². The van der Waals surface area contributed by atoms with Crippen LogP contribution in [0.1, 0.15) is 43.4 Å². The van der Waals surface area contributed by atoms with Crippen molar-refractivity contribution in [2.75, 3.05) is 10.9 Å². The number of unbranched alkanes of at least 4 members (excludes halogenated alkanes) is 1. The van der Waals surface area contributed by atoms with Crippen molar-refractivity contribution in [1.29, 1.82) is 0 Å². The third kappa shape index (κ3) is 6.27. The van der Waals surface area contributed by atoms with Gasteiger partial charge in [-0.25, -0.2) is 8.42 Å². The monoisotopic (exact) mass is 543 g/mol. The molecule has 0 saturated heterocycles. The van der Waals surface area contributed by atoms with E-state index in [9.17, 15) is 13.2 Å². The maximum absolute atomic E-state index is 13.5. The highest BCUT2D eigenvalue weighted by Gasteiger charge is 2.31. The molecule has 0 atom stereocenters. The molecule has 0 aliphatic carbocycles. The van der Waals surface area contributed by atoms with Crippen LogP contribution in [-0.4, -0.2) is 20.9 Å². The molecule has 0 bridgehead atoms. The fourth-order valence-electron chi connectivity index (χ4n) is 3.49. The SMILES string of the molecule is CCCCc1ccc(N(C(=O)COc2ccc(CC)cc2Br)S(=O)(=O)c2ccc(C)cc2)cc1. The summed E-state index contributed by atoms with van der Waals surface area (Å²) in [5, 5.41) is 0. The maximum atomic E-state index is 13.5. The Labute approximate surface area is 210 Å². The molecular weight excluding hydrogens is 514 g/mol. The number of aryl methyl sites for hydroxylation is 3. The van der Waals surface area contributed by atoms with Crippen LogP contribution in [0.2, 0.25) is 0 Å². The van der Waals surface area contributed by atoms with Crippen molar-refractivity contribution >= 4 is 37.5 Å². The molecule has 34 heavy (non-hydrogen) atoms. The number of benzene rings is 3. The Kier molecular flexibility index (Phi) is 8.91. The van der Waals surface area contributed by atoms with E-state index in [2.05, 4.69) is 22.9 Å². The van der Waals surface area contributed by atoms with Crippen molar-refractivity contribution in [3.8, 4) is 5.75 Å². The smallest absolute Gasteiger partial charge is 0.278 e. The number of amides is 1. The molecule has 0 N–H and O–H groups in total. The second kappa shape index (κ2) is 11.7. The van der Waals surface area contributed by atoms with E-state index in [1.54, 1.807) is 30.3 Å². The molecule has 3 aromatic rings. The van der Waals surface area contributed by atoms with Crippen molar-refractivity contribution < 1.29 is 17.9 Å². The number of hydrogen-bond donors (Lipinski definition) is 0. The van der Waals surface area contributed by atoms with E-state index in [1.165, 1.54) is 12.1 Å². The number of sulfonamides is 1. The lowest BCUT2D eigenvalue weighted by atomic mass is 10.1. The van der Waals surface area contributed by atoms with Crippen LogP contribution in [0, 0.1) is 6.92 Å². The minimum Gasteiger partial charge on any atom is -0.483 e. The van der Waals surface area contributed by atoms with Crippen molar-refractivity contribution in [3.63, 3.8) is 0 Å². The van der Waals surface area contributed by atoms with Crippen LogP contribution in [-0.2, 0) is 27.7 Å². The average Bonchev–Trinajstić information content (AvgIpc) is 2.83. The Hall–Kier alpha value is -2.64. The summed E-state index contributed by atoms with van der Waals surface area (Å²) < 4.78 is 34.4. The molecule has 0 radical (unpaired) electrons. The van der Waals surface area contributed by atoms with Gasteiger partial charge in [0.05, 0.1) is 15.1 Å². The summed E-state index contributed by atoms with van der Waals surface area (Å²) in [7, 11) is -4.13. The van der Waals surface area contributed by atoms with Crippen molar-refractivity contribution in [3.05, 3.63) is 87.9 Å². The molecule has 5 nitrogen and oxygen atoms in total. The standard InChI is InChI=1S/C27H30BrNO4S/c1-4-6-7-22-10-13-23(14-11-22)29(34(31,32)24-15-8-20(3)9-16-24)27(30)19-33-26-17-12-21(5-2)18-25(26)28/h8-18H,4-7,19H2,1-3H3. The first kappa shape index (κ1) is 26.0. The number of halogens is 1. The maximum Gasteiger partial charge on any atom is 0.278 e. The van der Waals surface area contributed by atoms with Gasteiger partial charge in [0.2, 0.25) is 0 Å². The van der Waals surface area contributed by atoms with E-state index in [0.29, 0.717) is 10.2 Å². The van der Waals surface area contributed by atoms with Gasteiger partial charge in [0.25, 0.3) is 15.9 Å². The molecular formula is C27H30BrNO4S. The molecule has 0 spiro atoms. The largest absolute Gasteiger partial charge is 0.483 e. The normalized spacial score (nSPS) is 11.3. The number of carbonyl (C=O) groups excluding carboxylic acids is 1. The Morgan fingerprint density at radius 1 is 0.941 bits per heavy atom. The fraction of sp³-hybridized carbons (Fsp3) is 0.296. The van der Waals surface area contributed by atoms with Gasteiger partial charge in [-0.15, -0.1) is 0 Å². The fourth-order valence-corrected chi connectivity index (χ4v) is 5.44. The van der Waals surface area contributed by atoms with Gasteiger partial charge in [-0.05, 0) is 89.6 Å². The predicted octanol–water partition coefficient (Wildman–Crippen LogP) is 6.46. The highest BCUT2D eigenvalue weighted by Crippen LogP contribution is 2.28. The Balaban J connectivity index is 1.92. The summed E-state index contributed by atoms with van der Waals surface area (Å²) in [4.78, 5) is 13.4. The lowest BCUT2D eigenvalue weighted by Gasteiger charge is -2.23. The van der Waals surface area contributed by atoms with Gasteiger partial charge < -0.3 is 4.74 Å². The minimum atomic E-state index is -4.13. The summed E-state index contributed by atoms with van der Waals surface area (Å²) in [5.41, 5.74) is 3.44. The summed E-state index contributed by atoms with van der Waals surface area (Å²) in [6.07, 6.45) is 3.89. The number of anilines is 1. The third-order valence-electron chi connectivity index (χ3n) is 5.53. The molecule has 0 unspecified atom stereocenters. The van der Waals surface area contributed by atoms with Crippen LogP contribution >= 0.6 is 15.9 Å². The molecule has 0 heterocycles. The van der Waals surface area contributed by atoms with Gasteiger partial charge in [-0.2, -0.15) is 4.31 Å². The number of carbonyl (C=O) groups is 1. The summed E-state index contributed by atoms with van der Waals surface area (Å²) >= 11 is 3.46. The summed E-state index contributed by atoms with van der Waals surface area (Å²) in [6, 6.07) is 19.2. The van der Waals surface area contributed by atoms with E-state index in [1.807, 2.05) is 38.1 Å². The van der Waals surface area contributed by atoms with Crippen molar-refractivity contribution in [2.24, 2.45) is 0 Å². The second-order valence-electron chi connectivity index (χ2n) is 8.15. The van der Waals surface area contributed by atoms with Crippen molar-refractivity contribution in [2.45, 2.75) is 51.3 Å². The minimum absolute atomic E-state index is 0.0509. The predicted molar refractivity (Wildman–Crippen MR) is 140 cm³/mol. The lowest BCUT2D eigenvalue weighted by Crippen LogP contribution is -2.40. The van der Waals surface area contributed by atoms with Crippen LogP contribution in [0.3, 0.4) is 0 Å². The van der Waals surface area contributed by atoms with Crippen LogP contribution < -0.4 is 9.04 Å². The Morgan fingerprint density at radius 3 is 2.18 bits per heavy atom. The van der Waals surface area contributed by atoms with Crippen LogP contribution in [0.25, 0.3) is 0 Å².